The van der Waals surface area contributed by atoms with E-state index >= 15 is 0 Å². The highest BCUT2D eigenvalue weighted by Gasteiger charge is 2.33. The number of nitrogens with two attached hydrogens (primary N) is 1. The van der Waals surface area contributed by atoms with Gasteiger partial charge in [0.15, 0.2) is 6.29 Å². The smallest absolute Gasteiger partial charge is 0.166 e. The van der Waals surface area contributed by atoms with Gasteiger partial charge in [0.25, 0.3) is 0 Å². The molecule has 2 atom stereocenters. The lowest BCUT2D eigenvalue weighted by molar-refractivity contribution is 0.111. The molecule has 0 saturated heterocycles. The van der Waals surface area contributed by atoms with Gasteiger partial charge in [-0.1, -0.05) is 0 Å². The number of aldehydes is 1. The van der Waals surface area contributed by atoms with Gasteiger partial charge in [0.1, 0.15) is 0 Å². The minimum Gasteiger partial charge on any atom is -0.387 e. The number of nitrogens with one attached hydrogen (secondary N) is 1. The largest absolute Gasteiger partial charge is 0.387 e. The molecule has 0 radical (unpaired) electrons. The summed E-state index contributed by atoms with van der Waals surface area (Å²) in [7, 11) is 0. The lowest BCUT2D eigenvalue weighted by Crippen LogP contribution is -2.30. The van der Waals surface area contributed by atoms with Crippen LogP contribution in [0.4, 0.5) is 0 Å². The molecule has 0 amide bonds. The summed E-state index contributed by atoms with van der Waals surface area (Å²) in [4.78, 5) is 13.2. The van der Waals surface area contributed by atoms with Crippen LogP contribution in [0.1, 0.15) is 35.0 Å². The van der Waals surface area contributed by atoms with Crippen molar-refractivity contribution in [2.24, 2.45) is 11.7 Å². The number of aromatic nitrogens is 1. The molecule has 2 unspecified atom stereocenters. The van der Waals surface area contributed by atoms with E-state index in [9.17, 15) is 9.90 Å². The van der Waals surface area contributed by atoms with E-state index in [1.54, 1.807) is 12.3 Å². The van der Waals surface area contributed by atoms with Gasteiger partial charge < -0.3 is 15.8 Å². The van der Waals surface area contributed by atoms with Crippen molar-refractivity contribution in [3.05, 3.63) is 23.5 Å². The molecule has 1 aliphatic rings. The zero-order valence-corrected chi connectivity index (χ0v) is 7.81. The molecule has 1 fully saturated rings. The average molecular weight is 194 g/mol. The fraction of sp³-hybridized carbons (Fsp3) is 0.500. The third-order valence-electron chi connectivity index (χ3n) is 2.73. The van der Waals surface area contributed by atoms with Crippen LogP contribution in [-0.4, -0.2) is 22.4 Å². The molecule has 4 nitrogen and oxygen atoms in total. The first-order chi connectivity index (χ1) is 6.72. The van der Waals surface area contributed by atoms with Gasteiger partial charge in [0.2, 0.25) is 0 Å². The predicted octanol–water partition coefficient (Wildman–Crippen LogP) is 0.598. The van der Waals surface area contributed by atoms with Crippen molar-refractivity contribution in [2.75, 3.05) is 0 Å². The maximum Gasteiger partial charge on any atom is 0.166 e. The van der Waals surface area contributed by atoms with Gasteiger partial charge >= 0.3 is 0 Å². The Morgan fingerprint density at radius 2 is 2.36 bits per heavy atom. The van der Waals surface area contributed by atoms with E-state index in [2.05, 4.69) is 4.98 Å². The van der Waals surface area contributed by atoms with Gasteiger partial charge in [-0.15, -0.1) is 0 Å². The molecule has 4 heteroatoms. The lowest BCUT2D eigenvalue weighted by atomic mass is 10.0. The third kappa shape index (κ3) is 1.71. The minimum absolute atomic E-state index is 0.203. The number of aliphatic hydroxyl groups is 1. The Kier molecular flexibility index (Phi) is 2.39. The number of hydrogen-bond acceptors (Lipinski definition) is 3. The molecule has 0 aromatic carbocycles. The zero-order chi connectivity index (χ0) is 10.1. The van der Waals surface area contributed by atoms with Crippen molar-refractivity contribution in [2.45, 2.75) is 25.0 Å². The first kappa shape index (κ1) is 9.43. The van der Waals surface area contributed by atoms with Gasteiger partial charge in [-0.2, -0.15) is 0 Å². The summed E-state index contributed by atoms with van der Waals surface area (Å²) in [5, 5.41) is 9.85. The Morgan fingerprint density at radius 3 is 2.86 bits per heavy atom. The van der Waals surface area contributed by atoms with E-state index in [-0.39, 0.29) is 6.04 Å². The second-order valence-electron chi connectivity index (χ2n) is 3.87. The number of carbonyl (C=O) groups is 1. The quantitative estimate of drug-likeness (QED) is 0.614. The summed E-state index contributed by atoms with van der Waals surface area (Å²) in [6.07, 6.45) is 3.90. The van der Waals surface area contributed by atoms with E-state index in [0.29, 0.717) is 17.2 Å². The molecule has 1 aliphatic carbocycles. The Bertz CT molecular complexity index is 331. The van der Waals surface area contributed by atoms with Crippen molar-refractivity contribution in [1.82, 2.24) is 4.98 Å². The highest BCUT2D eigenvalue weighted by atomic mass is 16.3. The summed E-state index contributed by atoms with van der Waals surface area (Å²) >= 11 is 0. The van der Waals surface area contributed by atoms with E-state index in [0.717, 1.165) is 19.1 Å². The first-order valence-corrected chi connectivity index (χ1v) is 4.79. The Morgan fingerprint density at radius 1 is 1.64 bits per heavy atom. The molecule has 0 aliphatic heterocycles. The lowest BCUT2D eigenvalue weighted by Gasteiger charge is -2.16. The molecule has 4 N–H and O–H groups in total. The van der Waals surface area contributed by atoms with Crippen LogP contribution in [0.15, 0.2) is 12.3 Å². The zero-order valence-electron chi connectivity index (χ0n) is 7.81. The van der Waals surface area contributed by atoms with Crippen molar-refractivity contribution < 1.29 is 9.90 Å². The van der Waals surface area contributed by atoms with Crippen molar-refractivity contribution in [3.63, 3.8) is 0 Å². The molecule has 2 rings (SSSR count). The van der Waals surface area contributed by atoms with Crippen molar-refractivity contribution in [1.29, 1.82) is 0 Å². The van der Waals surface area contributed by atoms with Gasteiger partial charge in [0, 0.05) is 17.8 Å². The number of aliphatic hydroxyl groups excluding tert-OH is 1. The molecule has 0 spiro atoms. The summed E-state index contributed by atoms with van der Waals surface area (Å²) in [5.41, 5.74) is 7.03. The molecule has 1 aromatic heterocycles. The molecule has 1 heterocycles. The Balaban J connectivity index is 2.08. The molecule has 1 saturated carbocycles. The predicted molar refractivity (Wildman–Crippen MR) is 51.8 cm³/mol. The SMILES string of the molecule is NC(C1CC1)C(O)c1c[nH]c(C=O)c1. The molecule has 1 aromatic rings. The van der Waals surface area contributed by atoms with Crippen LogP contribution < -0.4 is 5.73 Å². The van der Waals surface area contributed by atoms with Crippen LogP contribution in [0, 0.1) is 5.92 Å². The second kappa shape index (κ2) is 3.55. The summed E-state index contributed by atoms with van der Waals surface area (Å²) in [6.45, 7) is 0. The number of rotatable bonds is 4. The normalized spacial score (nSPS) is 20.4. The van der Waals surface area contributed by atoms with Crippen LogP contribution in [0.5, 0.6) is 0 Å². The van der Waals surface area contributed by atoms with Gasteiger partial charge in [-0.05, 0) is 24.8 Å². The van der Waals surface area contributed by atoms with E-state index < -0.39 is 6.10 Å². The topological polar surface area (TPSA) is 79.1 Å². The van der Waals surface area contributed by atoms with E-state index in [1.165, 1.54) is 0 Å². The fourth-order valence-electron chi connectivity index (χ4n) is 1.63. The van der Waals surface area contributed by atoms with Crippen LogP contribution in [0.25, 0.3) is 0 Å². The summed E-state index contributed by atoms with van der Waals surface area (Å²) in [5.74, 6) is 0.444. The molecule has 0 bridgehead atoms. The van der Waals surface area contributed by atoms with Crippen LogP contribution >= 0.6 is 0 Å². The second-order valence-corrected chi connectivity index (χ2v) is 3.87. The first-order valence-electron chi connectivity index (χ1n) is 4.79. The van der Waals surface area contributed by atoms with Crippen LogP contribution in [0.3, 0.4) is 0 Å². The number of aromatic amines is 1. The van der Waals surface area contributed by atoms with E-state index in [1.807, 2.05) is 0 Å². The van der Waals surface area contributed by atoms with Crippen LogP contribution in [-0.2, 0) is 0 Å². The standard InChI is InChI=1S/C10H14N2O2/c11-9(6-1-2-6)10(14)7-3-8(5-13)12-4-7/h3-6,9-10,12,14H,1-2,11H2. The van der Waals surface area contributed by atoms with Gasteiger partial charge in [-0.25, -0.2) is 0 Å². The highest BCUT2D eigenvalue weighted by molar-refractivity contribution is 5.72. The maximum absolute atomic E-state index is 10.4. The fourth-order valence-corrected chi connectivity index (χ4v) is 1.63. The van der Waals surface area contributed by atoms with Crippen LogP contribution in [0.2, 0.25) is 0 Å². The molecule has 76 valence electrons. The van der Waals surface area contributed by atoms with E-state index in [4.69, 9.17) is 5.73 Å². The number of carbonyl (C=O) groups excluding carboxylic acids is 1. The van der Waals surface area contributed by atoms with Gasteiger partial charge in [-0.3, -0.25) is 4.79 Å². The Hall–Kier alpha value is -1.13. The summed E-state index contributed by atoms with van der Waals surface area (Å²) in [6, 6.07) is 1.44. The number of hydrogen-bond donors (Lipinski definition) is 3. The monoisotopic (exact) mass is 194 g/mol. The third-order valence-corrected chi connectivity index (χ3v) is 2.73. The van der Waals surface area contributed by atoms with Gasteiger partial charge in [0.05, 0.1) is 11.8 Å². The molecule has 14 heavy (non-hydrogen) atoms. The van der Waals surface area contributed by atoms with Crippen molar-refractivity contribution in [3.8, 4) is 0 Å². The minimum atomic E-state index is -0.660. The Labute approximate surface area is 82.1 Å². The van der Waals surface area contributed by atoms with Crippen molar-refractivity contribution >= 4 is 6.29 Å². The summed E-state index contributed by atoms with van der Waals surface area (Å²) < 4.78 is 0. The average Bonchev–Trinajstić information content (AvgIpc) is 2.94. The number of H-pyrrole nitrogens is 1. The maximum atomic E-state index is 10.4. The highest BCUT2D eigenvalue weighted by Crippen LogP contribution is 2.36. The molecular formula is C10H14N2O2. The molecular weight excluding hydrogens is 180 g/mol.